The van der Waals surface area contributed by atoms with Crippen molar-refractivity contribution >= 4 is 24.1 Å². The van der Waals surface area contributed by atoms with Gasteiger partial charge in [-0.3, -0.25) is 9.69 Å². The number of Topliss-reactive ketones (excluding diaryl/α,β-unsaturated/α-hetero) is 1. The van der Waals surface area contributed by atoms with Gasteiger partial charge in [-0.1, -0.05) is 30.3 Å². The van der Waals surface area contributed by atoms with Crippen molar-refractivity contribution in [3.63, 3.8) is 0 Å². The van der Waals surface area contributed by atoms with Crippen molar-refractivity contribution in [3.8, 4) is 0 Å². The highest BCUT2D eigenvalue weighted by molar-refractivity contribution is 5.85. The molecule has 1 aliphatic heterocycles. The number of hydrogen-bond donors (Lipinski definition) is 1. The quantitative estimate of drug-likeness (QED) is 0.484. The molecule has 4 unspecified atom stereocenters. The van der Waals surface area contributed by atoms with Crippen LogP contribution in [-0.4, -0.2) is 59.1 Å². The third-order valence-electron chi connectivity index (χ3n) is 5.48. The fourth-order valence-electron chi connectivity index (χ4n) is 4.18. The summed E-state index contributed by atoms with van der Waals surface area (Å²) in [6.07, 6.45) is -0.767. The van der Waals surface area contributed by atoms with E-state index in [1.165, 1.54) is 18.9 Å². The van der Waals surface area contributed by atoms with Gasteiger partial charge in [0, 0.05) is 12.3 Å². The molecule has 2 rings (SSSR count). The van der Waals surface area contributed by atoms with Crippen molar-refractivity contribution in [1.82, 2.24) is 4.90 Å². The second-order valence-electron chi connectivity index (χ2n) is 8.08. The molecule has 0 bridgehead atoms. The number of ether oxygens (including phenoxy) is 2. The predicted octanol–water partition coefficient (Wildman–Crippen LogP) is 2.69. The fourth-order valence-corrected chi connectivity index (χ4v) is 4.18. The number of nitrogens with zero attached hydrogens (tertiary/aromatic N) is 1. The number of carbonyl (C=O) groups excluding carboxylic acids is 3. The minimum absolute atomic E-state index is 0.0985. The van der Waals surface area contributed by atoms with Crippen molar-refractivity contribution in [1.29, 1.82) is 0 Å². The van der Waals surface area contributed by atoms with Gasteiger partial charge in [-0.2, -0.15) is 0 Å². The van der Waals surface area contributed by atoms with Crippen molar-refractivity contribution in [2.24, 2.45) is 11.8 Å². The molecule has 4 atom stereocenters. The Bertz CT molecular complexity index is 777. The van der Waals surface area contributed by atoms with E-state index in [9.17, 15) is 24.3 Å². The summed E-state index contributed by atoms with van der Waals surface area (Å²) >= 11 is 0. The van der Waals surface area contributed by atoms with E-state index in [1.807, 2.05) is 30.3 Å². The molecule has 164 valence electrons. The Morgan fingerprint density at radius 3 is 2.40 bits per heavy atom. The smallest absolute Gasteiger partial charge is 0.409 e. The number of methoxy groups -OCH3 is 1. The van der Waals surface area contributed by atoms with Gasteiger partial charge < -0.3 is 24.2 Å². The lowest BCUT2D eigenvalue weighted by Gasteiger charge is -2.31. The monoisotopic (exact) mass is 419 g/mol. The lowest BCUT2D eigenvalue weighted by atomic mass is 9.83. The van der Waals surface area contributed by atoms with Crippen LogP contribution in [0, 0.1) is 11.8 Å². The number of carboxylic acid groups (broad SMARTS) is 1. The first-order chi connectivity index (χ1) is 14.1. The molecule has 1 aromatic carbocycles. The number of rotatable bonds is 9. The molecule has 0 aromatic heterocycles. The molecule has 0 aliphatic carbocycles. The second-order valence-corrected chi connectivity index (χ2v) is 8.08. The van der Waals surface area contributed by atoms with Gasteiger partial charge in [0.05, 0.1) is 25.2 Å². The van der Waals surface area contributed by atoms with Crippen LogP contribution in [0.1, 0.15) is 39.2 Å². The highest BCUT2D eigenvalue weighted by Crippen LogP contribution is 2.38. The summed E-state index contributed by atoms with van der Waals surface area (Å²) in [7, 11) is 1.21. The molecule has 1 N–H and O–H groups in total. The maximum atomic E-state index is 12.2. The molecule has 1 saturated heterocycles. The SMILES string of the molecule is COC(=O)C(CC(C)=O)C(C=O)CC1OC(C)(C)N(C(=O)O)C1Cc1ccccc1. The minimum Gasteiger partial charge on any atom is -0.469 e. The lowest BCUT2D eigenvalue weighted by Crippen LogP contribution is -2.48. The maximum absolute atomic E-state index is 12.2. The number of aldehydes is 1. The summed E-state index contributed by atoms with van der Waals surface area (Å²) in [5.41, 5.74) is -0.180. The second kappa shape index (κ2) is 9.84. The number of benzene rings is 1. The van der Waals surface area contributed by atoms with Crippen LogP contribution < -0.4 is 0 Å². The predicted molar refractivity (Wildman–Crippen MR) is 108 cm³/mol. The number of ketones is 1. The highest BCUT2D eigenvalue weighted by Gasteiger charge is 2.51. The Balaban J connectivity index is 2.34. The van der Waals surface area contributed by atoms with Gasteiger partial charge in [-0.25, -0.2) is 4.79 Å². The zero-order valence-corrected chi connectivity index (χ0v) is 17.7. The molecule has 1 heterocycles. The van der Waals surface area contributed by atoms with Crippen LogP contribution >= 0.6 is 0 Å². The standard InChI is InChI=1S/C22H29NO7/c1-14(25)10-17(20(26)29-4)16(13-24)12-19-18(11-15-8-6-5-7-9-15)23(21(27)28)22(2,3)30-19/h5-9,13,16-19H,10-12H2,1-4H3,(H,27,28). The van der Waals surface area contributed by atoms with E-state index >= 15 is 0 Å². The van der Waals surface area contributed by atoms with Gasteiger partial charge >= 0.3 is 12.1 Å². The topological polar surface area (TPSA) is 110 Å². The Kier molecular flexibility index (Phi) is 7.72. The van der Waals surface area contributed by atoms with Crippen LogP contribution in [0.2, 0.25) is 0 Å². The van der Waals surface area contributed by atoms with E-state index in [4.69, 9.17) is 9.47 Å². The Labute approximate surface area is 176 Å². The van der Waals surface area contributed by atoms with Crippen molar-refractivity contribution in [3.05, 3.63) is 35.9 Å². The van der Waals surface area contributed by atoms with Crippen molar-refractivity contribution < 1.29 is 33.8 Å². The molecule has 30 heavy (non-hydrogen) atoms. The number of carbonyl (C=O) groups is 4. The molecule has 1 aliphatic rings. The van der Waals surface area contributed by atoms with Crippen LogP contribution in [0.15, 0.2) is 30.3 Å². The van der Waals surface area contributed by atoms with E-state index in [0.717, 1.165) is 5.56 Å². The lowest BCUT2D eigenvalue weighted by molar-refractivity contribution is -0.151. The highest BCUT2D eigenvalue weighted by atomic mass is 16.6. The number of amides is 1. The largest absolute Gasteiger partial charge is 0.469 e. The van der Waals surface area contributed by atoms with E-state index in [0.29, 0.717) is 12.7 Å². The van der Waals surface area contributed by atoms with Gasteiger partial charge in [0.25, 0.3) is 0 Å². The van der Waals surface area contributed by atoms with E-state index in [2.05, 4.69) is 0 Å². The van der Waals surface area contributed by atoms with Gasteiger partial charge in [0.2, 0.25) is 0 Å². The zero-order chi connectivity index (χ0) is 22.5. The third-order valence-corrected chi connectivity index (χ3v) is 5.48. The van der Waals surface area contributed by atoms with Gasteiger partial charge in [0.1, 0.15) is 17.8 Å². The van der Waals surface area contributed by atoms with Crippen LogP contribution in [0.4, 0.5) is 4.79 Å². The maximum Gasteiger partial charge on any atom is 0.409 e. The van der Waals surface area contributed by atoms with Gasteiger partial charge in [0.15, 0.2) is 0 Å². The van der Waals surface area contributed by atoms with E-state index in [1.54, 1.807) is 13.8 Å². The average Bonchev–Trinajstić information content (AvgIpc) is 2.93. The molecular formula is C22H29NO7. The molecule has 1 fully saturated rings. The van der Waals surface area contributed by atoms with Crippen LogP contribution in [0.5, 0.6) is 0 Å². The van der Waals surface area contributed by atoms with Gasteiger partial charge in [-0.15, -0.1) is 0 Å². The fraction of sp³-hybridized carbons (Fsp3) is 0.545. The normalized spacial score (nSPS) is 22.2. The molecule has 8 heteroatoms. The van der Waals surface area contributed by atoms with Crippen LogP contribution in [0.25, 0.3) is 0 Å². The summed E-state index contributed by atoms with van der Waals surface area (Å²) in [5.74, 6) is -2.66. The molecule has 0 spiro atoms. The summed E-state index contributed by atoms with van der Waals surface area (Å²) in [6.45, 7) is 4.65. The molecular weight excluding hydrogens is 390 g/mol. The van der Waals surface area contributed by atoms with Crippen LogP contribution in [-0.2, 0) is 30.3 Å². The number of hydrogen-bond acceptors (Lipinski definition) is 6. The number of esters is 1. The van der Waals surface area contributed by atoms with Crippen molar-refractivity contribution in [2.45, 2.75) is 57.9 Å². The first-order valence-electron chi connectivity index (χ1n) is 9.87. The molecule has 8 nitrogen and oxygen atoms in total. The Morgan fingerprint density at radius 1 is 1.27 bits per heavy atom. The third kappa shape index (κ3) is 5.44. The first-order valence-corrected chi connectivity index (χ1v) is 9.87. The van der Waals surface area contributed by atoms with Gasteiger partial charge in [-0.05, 0) is 39.2 Å². The molecule has 0 saturated carbocycles. The molecule has 0 radical (unpaired) electrons. The van der Waals surface area contributed by atoms with E-state index in [-0.39, 0.29) is 18.6 Å². The summed E-state index contributed by atoms with van der Waals surface area (Å²) in [6, 6.07) is 8.84. The van der Waals surface area contributed by atoms with Crippen molar-refractivity contribution in [2.75, 3.05) is 7.11 Å². The summed E-state index contributed by atoms with van der Waals surface area (Å²) < 4.78 is 10.8. The Morgan fingerprint density at radius 2 is 1.90 bits per heavy atom. The van der Waals surface area contributed by atoms with E-state index < -0.39 is 41.8 Å². The minimum atomic E-state index is -1.13. The summed E-state index contributed by atoms with van der Waals surface area (Å²) in [5, 5.41) is 9.82. The molecule has 1 aromatic rings. The zero-order valence-electron chi connectivity index (χ0n) is 17.7. The first kappa shape index (κ1) is 23.5. The van der Waals surface area contributed by atoms with Crippen LogP contribution in [0.3, 0.4) is 0 Å². The average molecular weight is 419 g/mol. The Hall–Kier alpha value is -2.74. The molecule has 1 amide bonds. The summed E-state index contributed by atoms with van der Waals surface area (Å²) in [4.78, 5) is 49.0.